The van der Waals surface area contributed by atoms with Crippen LogP contribution in [-0.4, -0.2) is 59.1 Å². The van der Waals surface area contributed by atoms with Gasteiger partial charge >= 0.3 is 11.9 Å². The van der Waals surface area contributed by atoms with E-state index in [0.717, 1.165) is 19.3 Å². The predicted octanol–water partition coefficient (Wildman–Crippen LogP) is 11.1. The van der Waals surface area contributed by atoms with E-state index in [4.69, 9.17) is 23.1 Å². The lowest BCUT2D eigenvalue weighted by Crippen LogP contribution is -2.49. The summed E-state index contributed by atoms with van der Waals surface area (Å²) in [6.45, 7) is 33.3. The summed E-state index contributed by atoms with van der Waals surface area (Å²) < 4.78 is 32.5. The molecule has 1 heterocycles. The van der Waals surface area contributed by atoms with Crippen molar-refractivity contribution >= 4 is 28.6 Å². The number of ether oxygens (including phenoxy) is 3. The topological polar surface area (TPSA) is 80.3 Å². The van der Waals surface area contributed by atoms with E-state index in [0.29, 0.717) is 25.0 Å². The van der Waals surface area contributed by atoms with Gasteiger partial charge in [0.05, 0.1) is 18.6 Å². The summed E-state index contributed by atoms with van der Waals surface area (Å²) in [5.74, 6) is 0.613. The van der Waals surface area contributed by atoms with E-state index >= 15 is 0 Å². The van der Waals surface area contributed by atoms with Gasteiger partial charge in [0.15, 0.2) is 22.7 Å². The first-order valence-corrected chi connectivity index (χ1v) is 26.1. The van der Waals surface area contributed by atoms with Crippen molar-refractivity contribution in [1.29, 1.82) is 0 Å². The second-order valence-corrected chi connectivity index (χ2v) is 29.6. The van der Waals surface area contributed by atoms with Crippen LogP contribution in [0.15, 0.2) is 48.1 Å². The molecule has 1 aromatic carbocycles. The maximum Gasteiger partial charge on any atom is 0.347 e. The van der Waals surface area contributed by atoms with Gasteiger partial charge in [-0.3, -0.25) is 4.79 Å². The molecule has 2 aliphatic carbocycles. The molecule has 0 radical (unpaired) electrons. The van der Waals surface area contributed by atoms with Gasteiger partial charge in [-0.15, -0.1) is 0 Å². The number of esters is 2. The molecule has 9 heteroatoms. The normalized spacial score (nSPS) is 27.7. The Bertz CT molecular complexity index is 1470. The van der Waals surface area contributed by atoms with Crippen LogP contribution in [0.3, 0.4) is 0 Å². The molecule has 53 heavy (non-hydrogen) atoms. The lowest BCUT2D eigenvalue weighted by atomic mass is 9.66. The number of fused-ring (bicyclic) bond motifs is 1. The number of allylic oxidation sites excluding steroid dienone is 2. The summed E-state index contributed by atoms with van der Waals surface area (Å²) in [7, 11) is -4.16. The Hall–Kier alpha value is -2.21. The maximum absolute atomic E-state index is 14.1. The monoisotopic (exact) mass is 768 g/mol. The molecule has 0 saturated carbocycles. The van der Waals surface area contributed by atoms with Gasteiger partial charge in [0, 0.05) is 18.8 Å². The highest BCUT2D eigenvalue weighted by Crippen LogP contribution is 2.47. The van der Waals surface area contributed by atoms with Crippen molar-refractivity contribution in [3.05, 3.63) is 53.6 Å². The quantitative estimate of drug-likeness (QED) is 0.155. The maximum atomic E-state index is 14.1. The van der Waals surface area contributed by atoms with Crippen molar-refractivity contribution in [2.75, 3.05) is 0 Å². The van der Waals surface area contributed by atoms with Crippen LogP contribution in [0.25, 0.3) is 0 Å². The van der Waals surface area contributed by atoms with Gasteiger partial charge in [-0.05, 0) is 96.0 Å². The number of benzene rings is 1. The molecule has 1 saturated heterocycles. The highest BCUT2D eigenvalue weighted by molar-refractivity contribution is 6.74. The van der Waals surface area contributed by atoms with Crippen LogP contribution >= 0.6 is 0 Å². The molecule has 1 aliphatic heterocycles. The predicted molar refractivity (Wildman–Crippen MR) is 220 cm³/mol. The van der Waals surface area contributed by atoms with E-state index in [-0.39, 0.29) is 69.6 Å². The van der Waals surface area contributed by atoms with Gasteiger partial charge < -0.3 is 23.1 Å². The zero-order valence-electron chi connectivity index (χ0n) is 35.8. The van der Waals surface area contributed by atoms with Crippen molar-refractivity contribution in [2.24, 2.45) is 17.8 Å². The molecule has 1 fully saturated rings. The van der Waals surface area contributed by atoms with E-state index in [1.54, 1.807) is 0 Å². The van der Waals surface area contributed by atoms with E-state index in [9.17, 15) is 9.59 Å². The summed E-state index contributed by atoms with van der Waals surface area (Å²) in [6, 6.07) is 8.04. The van der Waals surface area contributed by atoms with Crippen LogP contribution in [0.2, 0.25) is 36.3 Å². The molecule has 4 rings (SSSR count). The first kappa shape index (κ1) is 43.5. The second kappa shape index (κ2) is 16.5. The third kappa shape index (κ3) is 11.0. The number of cyclic esters (lactones) is 1. The Balaban J connectivity index is 1.57. The van der Waals surface area contributed by atoms with Crippen molar-refractivity contribution in [3.63, 3.8) is 0 Å². The largest absolute Gasteiger partial charge is 0.479 e. The van der Waals surface area contributed by atoms with Gasteiger partial charge in [-0.1, -0.05) is 107 Å². The molecular formula is C44H72O7Si2. The minimum atomic E-state index is -2.12. The Morgan fingerprint density at radius 3 is 2.06 bits per heavy atom. The van der Waals surface area contributed by atoms with Crippen molar-refractivity contribution in [1.82, 2.24) is 0 Å². The molecular weight excluding hydrogens is 697 g/mol. The van der Waals surface area contributed by atoms with Crippen molar-refractivity contribution in [2.45, 2.75) is 187 Å². The molecule has 3 aliphatic rings. The van der Waals surface area contributed by atoms with Gasteiger partial charge in [0.25, 0.3) is 0 Å². The Kier molecular flexibility index (Phi) is 13.5. The molecule has 5 unspecified atom stereocenters. The zero-order valence-corrected chi connectivity index (χ0v) is 37.8. The minimum Gasteiger partial charge on any atom is -0.479 e. The summed E-state index contributed by atoms with van der Waals surface area (Å²) in [4.78, 5) is 26.9. The fourth-order valence-corrected chi connectivity index (χ4v) is 10.1. The third-order valence-corrected chi connectivity index (χ3v) is 21.9. The number of hydrogen-bond donors (Lipinski definition) is 0. The van der Waals surface area contributed by atoms with Crippen LogP contribution in [0, 0.1) is 17.8 Å². The van der Waals surface area contributed by atoms with E-state index in [1.807, 2.05) is 19.1 Å². The Morgan fingerprint density at radius 1 is 0.887 bits per heavy atom. The number of rotatable bonds is 12. The lowest BCUT2D eigenvalue weighted by molar-refractivity contribution is -0.164. The highest BCUT2D eigenvalue weighted by Gasteiger charge is 2.47. The average molecular weight is 769 g/mol. The first-order chi connectivity index (χ1) is 24.3. The minimum absolute atomic E-state index is 0.000334. The van der Waals surface area contributed by atoms with Gasteiger partial charge in [-0.2, -0.15) is 0 Å². The summed E-state index contributed by atoms with van der Waals surface area (Å²) in [6.07, 6.45) is 8.94. The Morgan fingerprint density at radius 2 is 1.49 bits per heavy atom. The van der Waals surface area contributed by atoms with Gasteiger partial charge in [0.1, 0.15) is 18.0 Å². The van der Waals surface area contributed by atoms with Crippen molar-refractivity contribution in [3.8, 4) is 5.75 Å². The number of carbonyl (C=O) groups is 2. The highest BCUT2D eigenvalue weighted by atomic mass is 28.4. The van der Waals surface area contributed by atoms with Crippen LogP contribution in [0.1, 0.15) is 120 Å². The fraction of sp³-hybridized carbons (Fsp3) is 0.727. The van der Waals surface area contributed by atoms with Gasteiger partial charge in [0.2, 0.25) is 0 Å². The van der Waals surface area contributed by atoms with Crippen LogP contribution in [0.5, 0.6) is 5.75 Å². The summed E-state index contributed by atoms with van der Waals surface area (Å²) in [5, 5.41) is 0.107. The molecule has 8 atom stereocenters. The smallest absolute Gasteiger partial charge is 0.347 e. The molecule has 298 valence electrons. The Labute approximate surface area is 324 Å². The molecule has 0 amide bonds. The molecule has 0 N–H and O–H groups in total. The zero-order chi connectivity index (χ0) is 39.7. The summed E-state index contributed by atoms with van der Waals surface area (Å²) >= 11 is 0. The van der Waals surface area contributed by atoms with Crippen LogP contribution in [-0.2, 0) is 33.3 Å². The first-order valence-electron chi connectivity index (χ1n) is 20.2. The van der Waals surface area contributed by atoms with Gasteiger partial charge in [-0.25, -0.2) is 4.79 Å². The third-order valence-electron chi connectivity index (χ3n) is 12.8. The van der Waals surface area contributed by atoms with Crippen molar-refractivity contribution < 1.29 is 32.7 Å². The number of hydrogen-bond acceptors (Lipinski definition) is 7. The fourth-order valence-electron chi connectivity index (χ4n) is 7.41. The van der Waals surface area contributed by atoms with E-state index < -0.39 is 22.7 Å². The average Bonchev–Trinajstić information content (AvgIpc) is 3.01. The molecule has 1 aromatic rings. The molecule has 0 spiro atoms. The molecule has 0 aromatic heterocycles. The summed E-state index contributed by atoms with van der Waals surface area (Å²) in [5.41, 5.74) is 2.41. The lowest BCUT2D eigenvalue weighted by Gasteiger charge is -2.46. The number of carbonyl (C=O) groups excluding carboxylic acids is 2. The van der Waals surface area contributed by atoms with E-state index in [2.05, 4.69) is 126 Å². The van der Waals surface area contributed by atoms with Crippen LogP contribution < -0.4 is 4.74 Å². The molecule has 7 nitrogen and oxygen atoms in total. The second-order valence-electron chi connectivity index (χ2n) is 20.1. The standard InChI is InChI=1S/C44H72O7Si2/c1-16-37(47-32-21-19-31(20-22-32)42(3,4)5)41(46)49-38-27-34(50-52(12,13)43(6,7)8)25-30-18-17-29(2)36(40(30)38)24-23-33-26-35(28-39(45)48-33)51-53(14,15)44(9,10)11/h17-22,25,29,33-38,40H,16,23-24,26-28H2,1-15H3/t29?,33-,34?,35-,36?,37+,38?,40?/m1/s1. The van der Waals surface area contributed by atoms with Crippen LogP contribution in [0.4, 0.5) is 0 Å². The SMILES string of the molecule is CC[C@H](Oc1ccc(C(C)(C)C)cc1)C(=O)OC1CC(O[Si](C)(C)C(C)(C)C)C=C2C=CC(C)C(CC[C@@H]3C[C@@H](O[Si](C)(C)C(C)(C)C)CC(=O)O3)C21. The molecule has 0 bridgehead atoms. The van der Waals surface area contributed by atoms with E-state index in [1.165, 1.54) is 11.1 Å².